The molecule has 1 heterocycles. The summed E-state index contributed by atoms with van der Waals surface area (Å²) in [5.41, 5.74) is 5.87. The predicted molar refractivity (Wildman–Crippen MR) is 86.4 cm³/mol. The predicted octanol–water partition coefficient (Wildman–Crippen LogP) is -0.521. The van der Waals surface area contributed by atoms with Crippen molar-refractivity contribution in [2.24, 2.45) is 17.6 Å². The van der Waals surface area contributed by atoms with Crippen LogP contribution in [0.4, 0.5) is 0 Å². The molecule has 5 N–H and O–H groups in total. The van der Waals surface area contributed by atoms with Gasteiger partial charge in [0.05, 0.1) is 12.0 Å². The number of aliphatic carboxylic acids is 1. The Hall–Kier alpha value is -0.765. The molecule has 0 spiro atoms. The molecule has 0 bridgehead atoms. The molecule has 126 valence electrons. The minimum Gasteiger partial charge on any atom is -0.481 e. The van der Waals surface area contributed by atoms with Gasteiger partial charge in [0, 0.05) is 13.1 Å². The van der Waals surface area contributed by atoms with Crippen molar-refractivity contribution in [2.75, 3.05) is 25.1 Å². The maximum Gasteiger partial charge on any atom is 0.451 e. The van der Waals surface area contributed by atoms with E-state index in [9.17, 15) is 14.7 Å². The quantitative estimate of drug-likeness (QED) is 0.419. The van der Waals surface area contributed by atoms with Gasteiger partial charge in [-0.05, 0) is 37.1 Å². The molecule has 1 aliphatic heterocycles. The number of carbonyl (C=O) groups excluding carboxylic acids is 1. The maximum atomic E-state index is 12.3. The zero-order valence-electron chi connectivity index (χ0n) is 12.9. The monoisotopic (exact) mass is 332 g/mol. The first-order valence-corrected chi connectivity index (χ1v) is 8.88. The molecule has 0 aromatic carbocycles. The second-order valence-corrected chi connectivity index (χ2v) is 6.73. The highest BCUT2D eigenvalue weighted by atomic mass is 32.2. The molecule has 1 unspecified atom stereocenters. The van der Waals surface area contributed by atoms with E-state index in [0.717, 1.165) is 5.75 Å². The first-order chi connectivity index (χ1) is 10.4. The first-order valence-electron chi connectivity index (χ1n) is 7.49. The highest BCUT2D eigenvalue weighted by Gasteiger charge is 2.40. The van der Waals surface area contributed by atoms with Crippen molar-refractivity contribution in [1.82, 2.24) is 4.90 Å². The minimum atomic E-state index is -1.37. The molecule has 0 radical (unpaired) electrons. The lowest BCUT2D eigenvalue weighted by atomic mass is 9.80. The summed E-state index contributed by atoms with van der Waals surface area (Å²) < 4.78 is 0. The van der Waals surface area contributed by atoms with E-state index in [1.165, 1.54) is 0 Å². The van der Waals surface area contributed by atoms with Gasteiger partial charge in [-0.1, -0.05) is 6.42 Å². The summed E-state index contributed by atoms with van der Waals surface area (Å²) in [6.45, 7) is 0.567. The number of hydrogen-bond donors (Lipinski definition) is 4. The van der Waals surface area contributed by atoms with Gasteiger partial charge in [-0.15, -0.1) is 0 Å². The van der Waals surface area contributed by atoms with Crippen LogP contribution < -0.4 is 5.73 Å². The summed E-state index contributed by atoms with van der Waals surface area (Å²) in [5, 5.41) is 27.0. The summed E-state index contributed by atoms with van der Waals surface area (Å²) in [6.07, 6.45) is 3.81. The van der Waals surface area contributed by atoms with Crippen LogP contribution >= 0.6 is 11.8 Å². The average Bonchev–Trinajstić information content (AvgIpc) is 2.87. The van der Waals surface area contributed by atoms with E-state index in [4.69, 9.17) is 15.8 Å². The molecule has 9 heteroatoms. The molecule has 0 saturated carbocycles. The highest BCUT2D eigenvalue weighted by molar-refractivity contribution is 7.98. The molecule has 1 saturated heterocycles. The van der Waals surface area contributed by atoms with E-state index < -0.39 is 25.0 Å². The molecule has 1 aliphatic rings. The number of rotatable bonds is 9. The van der Waals surface area contributed by atoms with Gasteiger partial charge in [0.2, 0.25) is 5.91 Å². The lowest BCUT2D eigenvalue weighted by molar-refractivity contribution is -0.142. The summed E-state index contributed by atoms with van der Waals surface area (Å²) in [6, 6.07) is -0.583. The van der Waals surface area contributed by atoms with Crippen molar-refractivity contribution in [3.05, 3.63) is 0 Å². The van der Waals surface area contributed by atoms with E-state index in [-0.39, 0.29) is 24.7 Å². The van der Waals surface area contributed by atoms with Crippen LogP contribution in [0.25, 0.3) is 0 Å². The van der Waals surface area contributed by atoms with Crippen molar-refractivity contribution in [3.8, 4) is 0 Å². The largest absolute Gasteiger partial charge is 0.481 e. The molecular weight excluding hydrogens is 307 g/mol. The van der Waals surface area contributed by atoms with Gasteiger partial charge >= 0.3 is 13.1 Å². The van der Waals surface area contributed by atoms with Crippen LogP contribution in [-0.4, -0.2) is 70.2 Å². The molecule has 1 amide bonds. The first kappa shape index (κ1) is 19.3. The van der Waals surface area contributed by atoms with Gasteiger partial charge in [-0.25, -0.2) is 0 Å². The third-order valence-electron chi connectivity index (χ3n) is 4.06. The Morgan fingerprint density at radius 2 is 2.09 bits per heavy atom. The average molecular weight is 332 g/mol. The van der Waals surface area contributed by atoms with Crippen LogP contribution in [0, 0.1) is 11.8 Å². The molecule has 7 nitrogen and oxygen atoms in total. The number of likely N-dealkylation sites (tertiary alicyclic amines) is 1. The smallest absolute Gasteiger partial charge is 0.451 e. The van der Waals surface area contributed by atoms with Crippen LogP contribution in [0.3, 0.4) is 0 Å². The molecule has 22 heavy (non-hydrogen) atoms. The zero-order chi connectivity index (χ0) is 16.7. The van der Waals surface area contributed by atoms with E-state index in [1.807, 2.05) is 6.26 Å². The number of carboxylic acids is 1. The standard InChI is InChI=1S/C13H25BN2O5S/c1-22-6-4-11(15)12(17)16-7-9(3-2-5-14(20)21)10(8-16)13(18)19/h9-11,20-21H,2-8,15H2,1H3,(H,18,19)/t9-,10+,11?/m0/s1. The van der Waals surface area contributed by atoms with Crippen molar-refractivity contribution >= 4 is 30.8 Å². The second-order valence-electron chi connectivity index (χ2n) is 5.75. The number of nitrogens with two attached hydrogens (primary N) is 1. The van der Waals surface area contributed by atoms with Gasteiger partial charge in [0.25, 0.3) is 0 Å². The number of nitrogens with zero attached hydrogens (tertiary/aromatic N) is 1. The van der Waals surface area contributed by atoms with Crippen molar-refractivity contribution < 1.29 is 24.7 Å². The number of carbonyl (C=O) groups is 2. The summed E-state index contributed by atoms with van der Waals surface area (Å²) in [7, 11) is -1.37. The van der Waals surface area contributed by atoms with Crippen molar-refractivity contribution in [1.29, 1.82) is 0 Å². The minimum absolute atomic E-state index is 0.159. The molecule has 3 atom stereocenters. The van der Waals surface area contributed by atoms with Crippen molar-refractivity contribution in [3.63, 3.8) is 0 Å². The normalized spacial score (nSPS) is 22.6. The molecule has 0 aromatic rings. The van der Waals surface area contributed by atoms with Crippen LogP contribution in [0.1, 0.15) is 19.3 Å². The van der Waals surface area contributed by atoms with Crippen molar-refractivity contribution in [2.45, 2.75) is 31.6 Å². The van der Waals surface area contributed by atoms with Crippen LogP contribution in [0.2, 0.25) is 6.32 Å². The van der Waals surface area contributed by atoms with Crippen LogP contribution in [-0.2, 0) is 9.59 Å². The molecule has 1 fully saturated rings. The van der Waals surface area contributed by atoms with Gasteiger partial charge < -0.3 is 25.8 Å². The third-order valence-corrected chi connectivity index (χ3v) is 4.70. The molecular formula is C13H25BN2O5S. The molecule has 0 aromatic heterocycles. The lowest BCUT2D eigenvalue weighted by Crippen LogP contribution is -2.43. The third kappa shape index (κ3) is 5.79. The Labute approximate surface area is 135 Å². The van der Waals surface area contributed by atoms with Gasteiger partial charge in [0.1, 0.15) is 0 Å². The van der Waals surface area contributed by atoms with E-state index >= 15 is 0 Å². The van der Waals surface area contributed by atoms with Crippen LogP contribution in [0.15, 0.2) is 0 Å². The fourth-order valence-electron chi connectivity index (χ4n) is 2.79. The molecule has 0 aliphatic carbocycles. The summed E-state index contributed by atoms with van der Waals surface area (Å²) in [4.78, 5) is 25.2. The SMILES string of the molecule is CSCCC(N)C(=O)N1C[C@H](CCCB(O)O)[C@H](C(=O)O)C1. The maximum absolute atomic E-state index is 12.3. The topological polar surface area (TPSA) is 124 Å². The Morgan fingerprint density at radius 1 is 1.41 bits per heavy atom. The lowest BCUT2D eigenvalue weighted by Gasteiger charge is -2.20. The summed E-state index contributed by atoms with van der Waals surface area (Å²) in [5.74, 6) is -1.08. The number of hydrogen-bond acceptors (Lipinski definition) is 6. The Balaban J connectivity index is 2.57. The highest BCUT2D eigenvalue weighted by Crippen LogP contribution is 2.29. The Morgan fingerprint density at radius 3 is 2.64 bits per heavy atom. The second kappa shape index (κ2) is 9.39. The number of carboxylic acid groups (broad SMARTS) is 1. The fourth-order valence-corrected chi connectivity index (χ4v) is 3.28. The van der Waals surface area contributed by atoms with E-state index in [1.54, 1.807) is 16.7 Å². The van der Waals surface area contributed by atoms with Gasteiger partial charge in [-0.3, -0.25) is 9.59 Å². The number of amides is 1. The Kier molecular flexibility index (Phi) is 8.23. The fraction of sp³-hybridized carbons (Fsp3) is 0.846. The zero-order valence-corrected chi connectivity index (χ0v) is 13.7. The van der Waals surface area contributed by atoms with Gasteiger partial charge in [-0.2, -0.15) is 11.8 Å². The molecule has 1 rings (SSSR count). The Bertz CT molecular complexity index is 385. The summed E-state index contributed by atoms with van der Waals surface area (Å²) >= 11 is 1.62. The van der Waals surface area contributed by atoms with Crippen LogP contribution in [0.5, 0.6) is 0 Å². The van der Waals surface area contributed by atoms with E-state index in [2.05, 4.69) is 0 Å². The van der Waals surface area contributed by atoms with Gasteiger partial charge in [0.15, 0.2) is 0 Å². The van der Waals surface area contributed by atoms with E-state index in [0.29, 0.717) is 25.8 Å². The number of thioether (sulfide) groups is 1.